The van der Waals surface area contributed by atoms with E-state index in [9.17, 15) is 14.7 Å². The maximum absolute atomic E-state index is 12.0. The first kappa shape index (κ1) is 11.7. The van der Waals surface area contributed by atoms with Crippen molar-refractivity contribution in [3.05, 3.63) is 23.7 Å². The van der Waals surface area contributed by atoms with Gasteiger partial charge in [0.15, 0.2) is 5.76 Å². The first-order chi connectivity index (χ1) is 7.99. The molecule has 0 spiro atoms. The number of β-amino-alcohol motifs (C(OH)–C–C–N with tert-alkyl or cyclic N) is 1. The van der Waals surface area contributed by atoms with Crippen LogP contribution in [-0.2, 0) is 4.79 Å². The fourth-order valence-electron chi connectivity index (χ4n) is 1.96. The minimum Gasteiger partial charge on any atom is -0.480 e. The Bertz CT molecular complexity index is 452. The molecule has 6 nitrogen and oxygen atoms in total. The molecule has 1 aromatic rings. The van der Waals surface area contributed by atoms with Crippen LogP contribution in [0.1, 0.15) is 22.7 Å². The Balaban J connectivity index is 2.21. The highest BCUT2D eigenvalue weighted by atomic mass is 16.4. The van der Waals surface area contributed by atoms with E-state index in [1.165, 1.54) is 6.07 Å². The molecule has 0 aromatic carbocycles. The van der Waals surface area contributed by atoms with Gasteiger partial charge in [0, 0.05) is 13.0 Å². The number of carbonyl (C=O) groups excluding carboxylic acids is 1. The van der Waals surface area contributed by atoms with Gasteiger partial charge >= 0.3 is 5.97 Å². The maximum Gasteiger partial charge on any atom is 0.326 e. The highest BCUT2D eigenvalue weighted by Crippen LogP contribution is 2.21. The third-order valence-electron chi connectivity index (χ3n) is 2.78. The van der Waals surface area contributed by atoms with Crippen molar-refractivity contribution in [2.24, 2.45) is 0 Å². The number of hydrogen-bond donors (Lipinski definition) is 2. The van der Waals surface area contributed by atoms with E-state index in [1.54, 1.807) is 13.0 Å². The lowest BCUT2D eigenvalue weighted by molar-refractivity contribution is -0.141. The number of amides is 1. The Morgan fingerprint density at radius 3 is 2.71 bits per heavy atom. The number of aliphatic carboxylic acids is 1. The first-order valence-electron chi connectivity index (χ1n) is 5.27. The number of aliphatic hydroxyl groups excluding tert-OH is 1. The van der Waals surface area contributed by atoms with Gasteiger partial charge in [0.25, 0.3) is 5.91 Å². The second-order valence-corrected chi connectivity index (χ2v) is 4.11. The van der Waals surface area contributed by atoms with Crippen molar-refractivity contribution in [3.8, 4) is 0 Å². The second kappa shape index (κ2) is 4.21. The van der Waals surface area contributed by atoms with Crippen LogP contribution >= 0.6 is 0 Å². The van der Waals surface area contributed by atoms with Gasteiger partial charge in [-0.2, -0.15) is 0 Å². The van der Waals surface area contributed by atoms with E-state index < -0.39 is 24.0 Å². The monoisotopic (exact) mass is 239 g/mol. The Hall–Kier alpha value is -1.82. The molecule has 2 heterocycles. The number of furan rings is 1. The molecule has 2 N–H and O–H groups in total. The quantitative estimate of drug-likeness (QED) is 0.771. The van der Waals surface area contributed by atoms with E-state index in [0.717, 1.165) is 4.90 Å². The molecule has 0 bridgehead atoms. The number of rotatable bonds is 2. The highest BCUT2D eigenvalue weighted by molar-refractivity contribution is 5.94. The van der Waals surface area contributed by atoms with Gasteiger partial charge in [0.05, 0.1) is 6.10 Å². The van der Waals surface area contributed by atoms with Crippen molar-refractivity contribution in [3.63, 3.8) is 0 Å². The fourth-order valence-corrected chi connectivity index (χ4v) is 1.96. The van der Waals surface area contributed by atoms with Gasteiger partial charge in [-0.25, -0.2) is 4.79 Å². The van der Waals surface area contributed by atoms with Crippen LogP contribution in [0.3, 0.4) is 0 Å². The zero-order chi connectivity index (χ0) is 12.6. The smallest absolute Gasteiger partial charge is 0.326 e. The van der Waals surface area contributed by atoms with Crippen LogP contribution in [-0.4, -0.2) is 45.7 Å². The molecule has 0 saturated carbocycles. The van der Waals surface area contributed by atoms with Gasteiger partial charge in [-0.05, 0) is 19.1 Å². The van der Waals surface area contributed by atoms with Crippen LogP contribution in [0, 0.1) is 6.92 Å². The number of likely N-dealkylation sites (tertiary alicyclic amines) is 1. The van der Waals surface area contributed by atoms with E-state index in [2.05, 4.69) is 0 Å². The van der Waals surface area contributed by atoms with Crippen LogP contribution in [0.15, 0.2) is 16.5 Å². The Labute approximate surface area is 97.4 Å². The van der Waals surface area contributed by atoms with Gasteiger partial charge in [-0.15, -0.1) is 0 Å². The lowest BCUT2D eigenvalue weighted by Crippen LogP contribution is -2.40. The summed E-state index contributed by atoms with van der Waals surface area (Å²) in [6.07, 6.45) is -0.739. The van der Waals surface area contributed by atoms with Crippen molar-refractivity contribution in [1.82, 2.24) is 4.90 Å². The summed E-state index contributed by atoms with van der Waals surface area (Å²) in [5, 5.41) is 18.4. The van der Waals surface area contributed by atoms with E-state index >= 15 is 0 Å². The maximum atomic E-state index is 12.0. The predicted molar refractivity (Wildman–Crippen MR) is 56.5 cm³/mol. The second-order valence-electron chi connectivity index (χ2n) is 4.11. The van der Waals surface area contributed by atoms with Crippen LogP contribution in [0.5, 0.6) is 0 Å². The number of carboxylic acids is 1. The molecule has 1 saturated heterocycles. The molecule has 2 rings (SSSR count). The molecule has 1 aliphatic heterocycles. The summed E-state index contributed by atoms with van der Waals surface area (Å²) in [5.74, 6) is -0.928. The first-order valence-corrected chi connectivity index (χ1v) is 5.27. The lowest BCUT2D eigenvalue weighted by atomic mass is 10.2. The Morgan fingerprint density at radius 2 is 2.18 bits per heavy atom. The topological polar surface area (TPSA) is 91.0 Å². The number of carbonyl (C=O) groups is 2. The summed E-state index contributed by atoms with van der Waals surface area (Å²) in [6, 6.07) is 2.15. The van der Waals surface area contributed by atoms with Crippen LogP contribution in [0.2, 0.25) is 0 Å². The molecular formula is C11H13NO5. The SMILES string of the molecule is Cc1ccc(C(=O)N2CC(O)CC2C(=O)O)o1. The van der Waals surface area contributed by atoms with E-state index in [1.807, 2.05) is 0 Å². The van der Waals surface area contributed by atoms with E-state index in [-0.39, 0.29) is 18.7 Å². The normalized spacial score (nSPS) is 24.0. The number of carboxylic acid groups (broad SMARTS) is 1. The van der Waals surface area contributed by atoms with Gasteiger partial charge in [0.2, 0.25) is 0 Å². The minimum atomic E-state index is -1.11. The van der Waals surface area contributed by atoms with E-state index in [4.69, 9.17) is 9.52 Å². The molecule has 2 unspecified atom stereocenters. The van der Waals surface area contributed by atoms with Crippen molar-refractivity contribution in [2.75, 3.05) is 6.54 Å². The standard InChI is InChI=1S/C11H13NO5/c1-6-2-3-9(17-6)10(14)12-5-7(13)4-8(12)11(15)16/h2-3,7-8,13H,4-5H2,1H3,(H,15,16). The molecule has 1 aromatic heterocycles. The van der Waals surface area contributed by atoms with Crippen molar-refractivity contribution >= 4 is 11.9 Å². The van der Waals surface area contributed by atoms with Crippen LogP contribution in [0.25, 0.3) is 0 Å². The number of aliphatic hydroxyl groups is 1. The van der Waals surface area contributed by atoms with E-state index in [0.29, 0.717) is 5.76 Å². The van der Waals surface area contributed by atoms with Crippen LogP contribution < -0.4 is 0 Å². The molecule has 1 fully saturated rings. The van der Waals surface area contributed by atoms with Gasteiger partial charge in [-0.1, -0.05) is 0 Å². The molecule has 1 amide bonds. The Kier molecular flexibility index (Phi) is 2.89. The largest absolute Gasteiger partial charge is 0.480 e. The molecule has 0 radical (unpaired) electrons. The van der Waals surface area contributed by atoms with Crippen LogP contribution in [0.4, 0.5) is 0 Å². The molecule has 17 heavy (non-hydrogen) atoms. The zero-order valence-corrected chi connectivity index (χ0v) is 9.29. The molecule has 6 heteroatoms. The lowest BCUT2D eigenvalue weighted by Gasteiger charge is -2.19. The van der Waals surface area contributed by atoms with Crippen molar-refractivity contribution < 1.29 is 24.2 Å². The summed E-state index contributed by atoms with van der Waals surface area (Å²) in [4.78, 5) is 24.1. The van der Waals surface area contributed by atoms with Gasteiger partial charge in [0.1, 0.15) is 11.8 Å². The fraction of sp³-hybridized carbons (Fsp3) is 0.455. The summed E-state index contributed by atoms with van der Waals surface area (Å²) in [7, 11) is 0. The third-order valence-corrected chi connectivity index (χ3v) is 2.78. The molecule has 92 valence electrons. The predicted octanol–water partition coefficient (Wildman–Crippen LogP) is 0.248. The van der Waals surface area contributed by atoms with Crippen molar-refractivity contribution in [2.45, 2.75) is 25.5 Å². The third kappa shape index (κ3) is 2.16. The molecular weight excluding hydrogens is 226 g/mol. The van der Waals surface area contributed by atoms with Crippen molar-refractivity contribution in [1.29, 1.82) is 0 Å². The summed E-state index contributed by atoms with van der Waals surface area (Å²) >= 11 is 0. The summed E-state index contributed by atoms with van der Waals surface area (Å²) in [6.45, 7) is 1.72. The Morgan fingerprint density at radius 1 is 1.47 bits per heavy atom. The summed E-state index contributed by atoms with van der Waals surface area (Å²) < 4.78 is 5.16. The average Bonchev–Trinajstić information content (AvgIpc) is 2.83. The minimum absolute atomic E-state index is 0.0234. The number of aryl methyl sites for hydroxylation is 1. The highest BCUT2D eigenvalue weighted by Gasteiger charge is 2.40. The number of nitrogens with zero attached hydrogens (tertiary/aromatic N) is 1. The molecule has 1 aliphatic rings. The summed E-state index contributed by atoms with van der Waals surface area (Å²) in [5.41, 5.74) is 0. The van der Waals surface area contributed by atoms with Gasteiger partial charge < -0.3 is 19.5 Å². The zero-order valence-electron chi connectivity index (χ0n) is 9.29. The average molecular weight is 239 g/mol. The molecule has 2 atom stereocenters. The van der Waals surface area contributed by atoms with Gasteiger partial charge in [-0.3, -0.25) is 4.79 Å². The molecule has 0 aliphatic carbocycles. The number of hydrogen-bond acceptors (Lipinski definition) is 4.